The molecule has 1 N–H and O–H groups in total. The number of hydrogen-bond acceptors (Lipinski definition) is 3. The fourth-order valence-electron chi connectivity index (χ4n) is 2.75. The van der Waals surface area contributed by atoms with E-state index in [1.54, 1.807) is 11.8 Å². The van der Waals surface area contributed by atoms with Gasteiger partial charge in [0.25, 0.3) is 0 Å². The zero-order chi connectivity index (χ0) is 13.8. The summed E-state index contributed by atoms with van der Waals surface area (Å²) in [5, 5.41) is 3.86. The fourth-order valence-corrected chi connectivity index (χ4v) is 3.93. The topological polar surface area (TPSA) is 24.4 Å². The van der Waals surface area contributed by atoms with Gasteiger partial charge in [0.2, 0.25) is 0 Å². The average molecular weight is 294 g/mol. The molecule has 2 aliphatic rings. The molecule has 1 spiro atoms. The zero-order valence-electron chi connectivity index (χ0n) is 11.1. The Morgan fingerprint density at radius 1 is 1.21 bits per heavy atom. The van der Waals surface area contributed by atoms with E-state index in [2.05, 4.69) is 10.3 Å². The smallest absolute Gasteiger partial charge is 0.365 e. The molecule has 0 unspecified atom stereocenters. The van der Waals surface area contributed by atoms with Crippen molar-refractivity contribution >= 4 is 16.9 Å². The van der Waals surface area contributed by atoms with E-state index in [-0.39, 0.29) is 6.42 Å². The molecule has 6 heteroatoms. The van der Waals surface area contributed by atoms with Crippen LogP contribution in [-0.2, 0) is 0 Å². The molecule has 2 nitrogen and oxygen atoms in total. The van der Waals surface area contributed by atoms with Crippen molar-refractivity contribution in [3.05, 3.63) is 0 Å². The van der Waals surface area contributed by atoms with Gasteiger partial charge in [0, 0.05) is 25.3 Å². The maximum Gasteiger partial charge on any atom is 0.389 e. The van der Waals surface area contributed by atoms with Crippen LogP contribution in [-0.4, -0.2) is 30.2 Å². The zero-order valence-corrected chi connectivity index (χ0v) is 11.9. The normalized spacial score (nSPS) is 23.2. The number of halogens is 3. The molecule has 0 radical (unpaired) electrons. The molecule has 110 valence electrons. The number of thioether (sulfide) groups is 1. The van der Waals surface area contributed by atoms with Crippen LogP contribution in [0.25, 0.3) is 0 Å². The van der Waals surface area contributed by atoms with Crippen LogP contribution < -0.4 is 5.32 Å². The third-order valence-electron chi connectivity index (χ3n) is 3.90. The van der Waals surface area contributed by atoms with Gasteiger partial charge in [0.1, 0.15) is 0 Å². The molecule has 0 bridgehead atoms. The molecule has 0 aromatic rings. The Hall–Kier alpha value is -0.390. The van der Waals surface area contributed by atoms with Crippen molar-refractivity contribution in [3.63, 3.8) is 0 Å². The standard InChI is InChI=1S/C13H21F3N2S/c14-13(15,16)7-4-8-17-11-18-9-12(10-19-11)5-2-1-3-6-12/h1-10H2,(H,17,18). The number of rotatable bonds is 3. The van der Waals surface area contributed by atoms with Crippen LogP contribution in [0.3, 0.4) is 0 Å². The van der Waals surface area contributed by atoms with Gasteiger partial charge in [-0.25, -0.2) is 0 Å². The van der Waals surface area contributed by atoms with Crippen LogP contribution in [0.4, 0.5) is 13.2 Å². The maximum atomic E-state index is 12.0. The summed E-state index contributed by atoms with van der Waals surface area (Å²) in [5.74, 6) is 1.07. The number of hydrogen-bond donors (Lipinski definition) is 1. The van der Waals surface area contributed by atoms with E-state index in [1.165, 1.54) is 32.1 Å². The second-order valence-corrected chi connectivity index (χ2v) is 6.58. The summed E-state index contributed by atoms with van der Waals surface area (Å²) >= 11 is 1.68. The first-order chi connectivity index (χ1) is 8.99. The summed E-state index contributed by atoms with van der Waals surface area (Å²) in [5.41, 5.74) is 0.375. The van der Waals surface area contributed by atoms with Crippen molar-refractivity contribution in [3.8, 4) is 0 Å². The van der Waals surface area contributed by atoms with Gasteiger partial charge in [-0.2, -0.15) is 13.2 Å². The van der Waals surface area contributed by atoms with E-state index >= 15 is 0 Å². The Labute approximate surface area is 116 Å². The van der Waals surface area contributed by atoms with Gasteiger partial charge in [-0.15, -0.1) is 0 Å². The van der Waals surface area contributed by atoms with E-state index in [1.807, 2.05) is 0 Å². The third-order valence-corrected chi connectivity index (χ3v) is 5.20. The molecule has 0 amide bonds. The van der Waals surface area contributed by atoms with Gasteiger partial charge in [0.15, 0.2) is 5.17 Å². The second-order valence-electron chi connectivity index (χ2n) is 5.62. The molecule has 1 aliphatic heterocycles. The van der Waals surface area contributed by atoms with Gasteiger partial charge in [-0.3, -0.25) is 4.99 Å². The second kappa shape index (κ2) is 6.37. The monoisotopic (exact) mass is 294 g/mol. The molecule has 0 saturated heterocycles. The van der Waals surface area contributed by atoms with Crippen molar-refractivity contribution in [2.24, 2.45) is 10.4 Å². The molecule has 1 fully saturated rings. The lowest BCUT2D eigenvalue weighted by molar-refractivity contribution is -0.135. The number of nitrogens with zero attached hydrogens (tertiary/aromatic N) is 1. The average Bonchev–Trinajstić information content (AvgIpc) is 2.37. The highest BCUT2D eigenvalue weighted by Gasteiger charge is 2.34. The summed E-state index contributed by atoms with van der Waals surface area (Å²) in [4.78, 5) is 4.53. The van der Waals surface area contributed by atoms with E-state index in [4.69, 9.17) is 0 Å². The van der Waals surface area contributed by atoms with E-state index in [0.29, 0.717) is 12.0 Å². The molecular weight excluding hydrogens is 273 g/mol. The number of aliphatic imine (C=N–C) groups is 1. The van der Waals surface area contributed by atoms with E-state index in [0.717, 1.165) is 17.5 Å². The summed E-state index contributed by atoms with van der Waals surface area (Å²) in [7, 11) is 0. The van der Waals surface area contributed by atoms with Gasteiger partial charge in [0.05, 0.1) is 0 Å². The lowest BCUT2D eigenvalue weighted by Crippen LogP contribution is -2.37. The predicted molar refractivity (Wildman–Crippen MR) is 73.6 cm³/mol. The lowest BCUT2D eigenvalue weighted by Gasteiger charge is -2.38. The molecular formula is C13H21F3N2S. The largest absolute Gasteiger partial charge is 0.389 e. The SMILES string of the molecule is FC(F)(F)CCCNC1=NCC2(CCCCC2)CS1. The van der Waals surface area contributed by atoms with Crippen molar-refractivity contribution < 1.29 is 13.2 Å². The minimum Gasteiger partial charge on any atom is -0.365 e. The third kappa shape index (κ3) is 4.89. The summed E-state index contributed by atoms with van der Waals surface area (Å²) in [6, 6.07) is 0. The van der Waals surface area contributed by atoms with Crippen LogP contribution in [0.15, 0.2) is 4.99 Å². The van der Waals surface area contributed by atoms with Crippen LogP contribution in [0.1, 0.15) is 44.9 Å². The Kier molecular flexibility index (Phi) is 5.03. The molecule has 2 rings (SSSR count). The van der Waals surface area contributed by atoms with Gasteiger partial charge >= 0.3 is 6.18 Å². The highest BCUT2D eigenvalue weighted by atomic mass is 32.2. The van der Waals surface area contributed by atoms with Crippen molar-refractivity contribution in [2.45, 2.75) is 51.1 Å². The number of amidine groups is 1. The Balaban J connectivity index is 1.69. The fraction of sp³-hybridized carbons (Fsp3) is 0.923. The molecule has 0 aromatic heterocycles. The van der Waals surface area contributed by atoms with Crippen LogP contribution in [0.2, 0.25) is 0 Å². The first-order valence-corrected chi connectivity index (χ1v) is 7.96. The molecule has 19 heavy (non-hydrogen) atoms. The summed E-state index contributed by atoms with van der Waals surface area (Å²) in [6.07, 6.45) is 1.79. The number of nitrogens with one attached hydrogen (secondary N) is 1. The van der Waals surface area contributed by atoms with E-state index in [9.17, 15) is 13.2 Å². The Morgan fingerprint density at radius 2 is 1.95 bits per heavy atom. The summed E-state index contributed by atoms with van der Waals surface area (Å²) < 4.78 is 36.0. The minimum absolute atomic E-state index is 0.119. The Bertz CT molecular complexity index is 322. The highest BCUT2D eigenvalue weighted by molar-refractivity contribution is 8.13. The quantitative estimate of drug-likeness (QED) is 0.796. The summed E-state index contributed by atoms with van der Waals surface area (Å²) in [6.45, 7) is 1.21. The first-order valence-electron chi connectivity index (χ1n) is 6.97. The van der Waals surface area contributed by atoms with Crippen molar-refractivity contribution in [1.82, 2.24) is 5.32 Å². The predicted octanol–water partition coefficient (Wildman–Crippen LogP) is 3.97. The molecule has 1 saturated carbocycles. The van der Waals surface area contributed by atoms with Crippen LogP contribution in [0, 0.1) is 5.41 Å². The molecule has 1 aliphatic carbocycles. The van der Waals surface area contributed by atoms with Crippen molar-refractivity contribution in [2.75, 3.05) is 18.8 Å². The molecule has 0 aromatic carbocycles. The number of alkyl halides is 3. The molecule has 1 heterocycles. The minimum atomic E-state index is -4.05. The van der Waals surface area contributed by atoms with Crippen LogP contribution in [0.5, 0.6) is 0 Å². The van der Waals surface area contributed by atoms with Crippen LogP contribution >= 0.6 is 11.8 Å². The first kappa shape index (κ1) is 15.0. The van der Waals surface area contributed by atoms with Gasteiger partial charge < -0.3 is 5.32 Å². The van der Waals surface area contributed by atoms with Crippen molar-refractivity contribution in [1.29, 1.82) is 0 Å². The maximum absolute atomic E-state index is 12.0. The molecule has 0 atom stereocenters. The van der Waals surface area contributed by atoms with Gasteiger partial charge in [-0.05, 0) is 24.7 Å². The van der Waals surface area contributed by atoms with Gasteiger partial charge in [-0.1, -0.05) is 31.0 Å². The Morgan fingerprint density at radius 3 is 2.53 bits per heavy atom. The highest BCUT2D eigenvalue weighted by Crippen LogP contribution is 2.41. The lowest BCUT2D eigenvalue weighted by atomic mass is 9.75. The van der Waals surface area contributed by atoms with E-state index < -0.39 is 12.6 Å².